The van der Waals surface area contributed by atoms with E-state index in [4.69, 9.17) is 15.2 Å². The van der Waals surface area contributed by atoms with Crippen LogP contribution in [0.1, 0.15) is 43.2 Å². The lowest BCUT2D eigenvalue weighted by Gasteiger charge is -2.24. The largest absolute Gasteiger partial charge is 0.464 e. The summed E-state index contributed by atoms with van der Waals surface area (Å²) in [5.41, 5.74) is 7.39. The number of nitrogens with zero attached hydrogens (tertiary/aromatic N) is 3. The van der Waals surface area contributed by atoms with E-state index in [2.05, 4.69) is 10.2 Å². The highest BCUT2D eigenvalue weighted by molar-refractivity contribution is 5.96. The number of anilines is 2. The van der Waals surface area contributed by atoms with Crippen molar-refractivity contribution in [1.82, 2.24) is 9.88 Å². The number of aromatic nitrogens is 1. The Balaban J connectivity index is 1.89. The number of hydrogen-bond acceptors (Lipinski definition) is 7. The number of ether oxygens (including phenoxy) is 2. The van der Waals surface area contributed by atoms with E-state index in [0.717, 1.165) is 12.1 Å². The zero-order chi connectivity index (χ0) is 22.8. The lowest BCUT2D eigenvalue weighted by Crippen LogP contribution is -2.40. The third-order valence-corrected chi connectivity index (χ3v) is 4.93. The highest BCUT2D eigenvalue weighted by atomic mass is 16.6. The minimum Gasteiger partial charge on any atom is -0.464 e. The number of nitrogens with one attached hydrogen (secondary N) is 1. The molecule has 0 saturated carbocycles. The van der Waals surface area contributed by atoms with Gasteiger partial charge in [-0.25, -0.2) is 9.59 Å². The van der Waals surface area contributed by atoms with Crippen molar-refractivity contribution >= 4 is 23.4 Å². The van der Waals surface area contributed by atoms with Gasteiger partial charge >= 0.3 is 12.1 Å². The van der Waals surface area contributed by atoms with Crippen molar-refractivity contribution in [3.8, 4) is 11.8 Å². The Kier molecular flexibility index (Phi) is 6.11. The van der Waals surface area contributed by atoms with Crippen molar-refractivity contribution in [1.29, 1.82) is 5.26 Å². The van der Waals surface area contributed by atoms with E-state index < -0.39 is 17.7 Å². The molecule has 3 rings (SSSR count). The molecule has 1 saturated heterocycles. The highest BCUT2D eigenvalue weighted by Crippen LogP contribution is 2.32. The van der Waals surface area contributed by atoms with Gasteiger partial charge in [0.25, 0.3) is 0 Å². The Morgan fingerprint density at radius 1 is 1.26 bits per heavy atom. The number of benzene rings is 1. The minimum atomic E-state index is -0.625. The Labute approximate surface area is 181 Å². The molecule has 3 N–H and O–H groups in total. The number of amides is 1. The number of nitrogens with two attached hydrogens (primary N) is 1. The molecule has 1 aliphatic rings. The van der Waals surface area contributed by atoms with Gasteiger partial charge in [-0.05, 0) is 39.3 Å². The Hall–Kier alpha value is -3.67. The number of esters is 1. The summed E-state index contributed by atoms with van der Waals surface area (Å²) in [7, 11) is 1.27. The molecule has 9 heteroatoms. The average molecular weight is 425 g/mol. The molecule has 2 heterocycles. The first-order chi connectivity index (χ1) is 14.6. The second kappa shape index (κ2) is 8.60. The summed E-state index contributed by atoms with van der Waals surface area (Å²) >= 11 is 0. The molecule has 9 nitrogen and oxygen atoms in total. The van der Waals surface area contributed by atoms with Crippen LogP contribution in [0.3, 0.4) is 0 Å². The maximum atomic E-state index is 12.4. The molecule has 31 heavy (non-hydrogen) atoms. The van der Waals surface area contributed by atoms with E-state index in [1.807, 2.05) is 51.1 Å². The maximum Gasteiger partial charge on any atom is 0.407 e. The zero-order valence-corrected chi connectivity index (χ0v) is 18.1. The van der Waals surface area contributed by atoms with Gasteiger partial charge in [0.05, 0.1) is 35.8 Å². The number of methoxy groups -OCH3 is 1. The molecule has 1 unspecified atom stereocenters. The van der Waals surface area contributed by atoms with E-state index in [9.17, 15) is 14.9 Å². The lowest BCUT2D eigenvalue weighted by atomic mass is 10.2. The quantitative estimate of drug-likeness (QED) is 0.722. The van der Waals surface area contributed by atoms with E-state index in [0.29, 0.717) is 18.8 Å². The summed E-state index contributed by atoms with van der Waals surface area (Å²) in [6.45, 7) is 6.74. The molecule has 1 amide bonds. The van der Waals surface area contributed by atoms with Crippen LogP contribution in [0.15, 0.2) is 30.5 Å². The predicted octanol–water partition coefficient (Wildman–Crippen LogP) is 2.82. The number of nitrogen functional groups attached to an aromatic ring is 1. The van der Waals surface area contributed by atoms with Crippen LogP contribution >= 0.6 is 0 Å². The summed E-state index contributed by atoms with van der Waals surface area (Å²) in [4.78, 5) is 26.6. The van der Waals surface area contributed by atoms with Crippen molar-refractivity contribution in [2.75, 3.05) is 30.8 Å². The van der Waals surface area contributed by atoms with Crippen LogP contribution in [0.25, 0.3) is 5.69 Å². The number of para-hydroxylation sites is 2. The normalized spacial score (nSPS) is 16.0. The maximum absolute atomic E-state index is 12.4. The summed E-state index contributed by atoms with van der Waals surface area (Å²) < 4.78 is 11.8. The molecule has 1 aromatic carbocycles. The van der Waals surface area contributed by atoms with Gasteiger partial charge in [-0.3, -0.25) is 0 Å². The van der Waals surface area contributed by atoms with Crippen LogP contribution < -0.4 is 16.0 Å². The van der Waals surface area contributed by atoms with Gasteiger partial charge in [0.15, 0.2) is 5.69 Å². The fraction of sp³-hybridized carbons (Fsp3) is 0.409. The van der Waals surface area contributed by atoms with Gasteiger partial charge in [-0.2, -0.15) is 5.26 Å². The van der Waals surface area contributed by atoms with Gasteiger partial charge in [0, 0.05) is 19.3 Å². The van der Waals surface area contributed by atoms with Crippen LogP contribution in [0.4, 0.5) is 16.2 Å². The zero-order valence-electron chi connectivity index (χ0n) is 18.1. The third kappa shape index (κ3) is 4.74. The Bertz CT molecular complexity index is 1030. The summed E-state index contributed by atoms with van der Waals surface area (Å²) in [5, 5.41) is 12.3. The van der Waals surface area contributed by atoms with E-state index in [1.165, 1.54) is 13.3 Å². The summed E-state index contributed by atoms with van der Waals surface area (Å²) in [6.07, 6.45) is 1.83. The fourth-order valence-corrected chi connectivity index (χ4v) is 3.61. The van der Waals surface area contributed by atoms with Gasteiger partial charge in [0.2, 0.25) is 0 Å². The number of rotatable bonds is 4. The first-order valence-electron chi connectivity index (χ1n) is 9.97. The molecule has 2 aromatic rings. The lowest BCUT2D eigenvalue weighted by molar-refractivity contribution is 0.0507. The molecule has 1 fully saturated rings. The number of carbonyl (C=O) groups is 2. The number of nitriles is 1. The highest BCUT2D eigenvalue weighted by Gasteiger charge is 2.29. The smallest absolute Gasteiger partial charge is 0.407 e. The average Bonchev–Trinajstić information content (AvgIpc) is 3.30. The predicted molar refractivity (Wildman–Crippen MR) is 116 cm³/mol. The van der Waals surface area contributed by atoms with Gasteiger partial charge in [-0.1, -0.05) is 12.1 Å². The molecule has 0 bridgehead atoms. The number of hydrogen-bond donors (Lipinski definition) is 2. The molecular formula is C22H27N5O4. The van der Waals surface area contributed by atoms with Crippen molar-refractivity contribution < 1.29 is 19.1 Å². The third-order valence-electron chi connectivity index (χ3n) is 4.93. The van der Waals surface area contributed by atoms with Crippen molar-refractivity contribution in [3.63, 3.8) is 0 Å². The monoisotopic (exact) mass is 425 g/mol. The van der Waals surface area contributed by atoms with Gasteiger partial charge < -0.3 is 30.0 Å². The first kappa shape index (κ1) is 22.0. The second-order valence-electron chi connectivity index (χ2n) is 8.35. The Morgan fingerprint density at radius 2 is 1.94 bits per heavy atom. The summed E-state index contributed by atoms with van der Waals surface area (Å²) in [6, 6.07) is 9.44. The first-order valence-corrected chi connectivity index (χ1v) is 9.97. The van der Waals surface area contributed by atoms with Crippen LogP contribution in [0.5, 0.6) is 0 Å². The van der Waals surface area contributed by atoms with E-state index in [-0.39, 0.29) is 23.0 Å². The SMILES string of the molecule is COC(=O)c1c(N)c(C#N)cn1-c1ccccc1N1CCC(NC(=O)OC(C)(C)C)C1. The van der Waals surface area contributed by atoms with E-state index >= 15 is 0 Å². The van der Waals surface area contributed by atoms with Crippen molar-refractivity contribution in [2.24, 2.45) is 0 Å². The Morgan fingerprint density at radius 3 is 2.55 bits per heavy atom. The molecule has 0 aliphatic carbocycles. The number of carbonyl (C=O) groups excluding carboxylic acids is 2. The molecule has 0 spiro atoms. The molecule has 1 atom stereocenters. The molecular weight excluding hydrogens is 398 g/mol. The van der Waals surface area contributed by atoms with Crippen LogP contribution in [-0.2, 0) is 9.47 Å². The minimum absolute atomic E-state index is 0.0765. The van der Waals surface area contributed by atoms with Crippen LogP contribution in [0, 0.1) is 11.3 Å². The van der Waals surface area contributed by atoms with Crippen molar-refractivity contribution in [2.45, 2.75) is 38.8 Å². The van der Waals surface area contributed by atoms with Gasteiger partial charge in [0.1, 0.15) is 11.7 Å². The van der Waals surface area contributed by atoms with Crippen molar-refractivity contribution in [3.05, 3.63) is 41.7 Å². The topological polar surface area (TPSA) is 123 Å². The molecule has 0 radical (unpaired) electrons. The van der Waals surface area contributed by atoms with Crippen LogP contribution in [-0.4, -0.2) is 48.5 Å². The molecule has 1 aromatic heterocycles. The molecule has 1 aliphatic heterocycles. The summed E-state index contributed by atoms with van der Waals surface area (Å²) in [5.74, 6) is -0.625. The van der Waals surface area contributed by atoms with E-state index in [1.54, 1.807) is 4.57 Å². The number of alkyl carbamates (subject to hydrolysis) is 1. The standard InChI is InChI=1S/C22H27N5O4/c1-22(2,3)31-21(29)25-15-9-10-26(13-15)16-7-5-6-8-17(16)27-12-14(11-23)18(24)19(27)20(28)30-4/h5-8,12,15H,9-10,13,24H2,1-4H3,(H,25,29). The fourth-order valence-electron chi connectivity index (χ4n) is 3.61. The van der Waals surface area contributed by atoms with Crippen LogP contribution in [0.2, 0.25) is 0 Å². The molecule has 164 valence electrons. The van der Waals surface area contributed by atoms with Gasteiger partial charge in [-0.15, -0.1) is 0 Å². The second-order valence-corrected chi connectivity index (χ2v) is 8.35.